The number of ether oxygens (including phenoxy) is 2. The van der Waals surface area contributed by atoms with Crippen LogP contribution in [-0.4, -0.2) is 93.0 Å². The third-order valence-electron chi connectivity index (χ3n) is 5.83. The summed E-state index contributed by atoms with van der Waals surface area (Å²) in [6, 6.07) is 3.59. The van der Waals surface area contributed by atoms with Gasteiger partial charge >= 0.3 is 0 Å². The highest BCUT2D eigenvalue weighted by Crippen LogP contribution is 2.35. The Balaban J connectivity index is 1.34. The van der Waals surface area contributed by atoms with Crippen LogP contribution in [0, 0.1) is 0 Å². The molecule has 0 bridgehead atoms. The van der Waals surface area contributed by atoms with E-state index in [4.69, 9.17) is 15.2 Å². The number of nitrogens with one attached hydrogen (secondary N) is 1. The third-order valence-corrected chi connectivity index (χ3v) is 5.83. The second kappa shape index (κ2) is 6.36. The summed E-state index contributed by atoms with van der Waals surface area (Å²) >= 11 is 0. The molecule has 5 heterocycles. The average molecular weight is 376 g/mol. The third kappa shape index (κ3) is 2.80. The minimum atomic E-state index is -1.04. The molecule has 5 N–H and O–H groups in total. The molecule has 0 unspecified atom stereocenters. The Labute approximate surface area is 155 Å². The predicted octanol–water partition coefficient (Wildman–Crippen LogP) is -1.85. The molecule has 0 amide bonds. The van der Waals surface area contributed by atoms with Gasteiger partial charge in [0.05, 0.1) is 18.4 Å². The van der Waals surface area contributed by atoms with Gasteiger partial charge in [0.2, 0.25) is 0 Å². The molecule has 3 saturated heterocycles. The van der Waals surface area contributed by atoms with Crippen LogP contribution in [0.2, 0.25) is 0 Å². The summed E-state index contributed by atoms with van der Waals surface area (Å²) in [6.07, 6.45) is -1.82. The molecule has 146 valence electrons. The molecule has 3 aliphatic rings. The van der Waals surface area contributed by atoms with E-state index in [0.29, 0.717) is 30.2 Å². The van der Waals surface area contributed by atoms with Crippen molar-refractivity contribution in [1.29, 1.82) is 0 Å². The van der Waals surface area contributed by atoms with E-state index in [0.717, 1.165) is 26.2 Å². The predicted molar refractivity (Wildman–Crippen MR) is 95.0 cm³/mol. The average Bonchev–Trinajstić information content (AvgIpc) is 3.18. The lowest BCUT2D eigenvalue weighted by Gasteiger charge is -2.49. The first-order valence-electron chi connectivity index (χ1n) is 9.23. The monoisotopic (exact) mass is 376 g/mol. The topological polar surface area (TPSA) is 130 Å². The fourth-order valence-electron chi connectivity index (χ4n) is 4.28. The van der Waals surface area contributed by atoms with Gasteiger partial charge in [-0.2, -0.15) is 5.10 Å². The fourth-order valence-corrected chi connectivity index (χ4v) is 4.28. The van der Waals surface area contributed by atoms with E-state index in [1.807, 2.05) is 0 Å². The number of hydrogen-bond donors (Lipinski definition) is 4. The molecule has 0 saturated carbocycles. The molecule has 0 radical (unpaired) electrons. The zero-order chi connectivity index (χ0) is 18.6. The Kier molecular flexibility index (Phi) is 4.08. The minimum absolute atomic E-state index is 0.119. The first-order valence-corrected chi connectivity index (χ1v) is 9.23. The Morgan fingerprint density at radius 1 is 1.30 bits per heavy atom. The number of anilines is 1. The zero-order valence-electron chi connectivity index (χ0n) is 14.9. The molecule has 2 aromatic heterocycles. The summed E-state index contributed by atoms with van der Waals surface area (Å²) < 4.78 is 13.6. The number of nitrogens with zero attached hydrogens (tertiary/aromatic N) is 4. The molecule has 10 nitrogen and oxygen atoms in total. The van der Waals surface area contributed by atoms with Crippen LogP contribution in [0.1, 0.15) is 11.8 Å². The Hall–Kier alpha value is -1.82. The van der Waals surface area contributed by atoms with E-state index >= 15 is 0 Å². The van der Waals surface area contributed by atoms with Crippen LogP contribution in [0.4, 0.5) is 5.82 Å². The number of aromatic nitrogens is 3. The van der Waals surface area contributed by atoms with E-state index in [1.165, 1.54) is 6.33 Å². The van der Waals surface area contributed by atoms with E-state index in [-0.39, 0.29) is 5.60 Å². The van der Waals surface area contributed by atoms with E-state index < -0.39 is 24.4 Å². The fraction of sp³-hybridized carbons (Fsp3) is 0.647. The number of hydrogen-bond acceptors (Lipinski definition) is 9. The van der Waals surface area contributed by atoms with Gasteiger partial charge in [-0.3, -0.25) is 4.90 Å². The lowest BCUT2D eigenvalue weighted by Crippen LogP contribution is -2.69. The maximum absolute atomic E-state index is 10.6. The van der Waals surface area contributed by atoms with Crippen LogP contribution in [0.15, 0.2) is 18.5 Å². The number of rotatable bonds is 3. The number of nitrogens with two attached hydrogens (primary N) is 1. The van der Waals surface area contributed by atoms with Crippen molar-refractivity contribution < 1.29 is 19.7 Å². The number of morpholine rings is 1. The van der Waals surface area contributed by atoms with Crippen LogP contribution < -0.4 is 11.1 Å². The lowest BCUT2D eigenvalue weighted by atomic mass is 9.94. The SMILES string of the molecule is Nc1ncnn2c([C@@H]3O[C@H](CN4CCOC5(CNC5)C4)[C@@H](O)[C@H]3O)ccc12. The van der Waals surface area contributed by atoms with Crippen LogP contribution in [0.5, 0.6) is 0 Å². The first kappa shape index (κ1) is 17.3. The standard InChI is InChI=1S/C17H24N6O4/c18-16-11-2-1-10(23(11)21-9-20-16)15-14(25)13(24)12(27-15)5-22-3-4-26-17(8-22)6-19-7-17/h1-2,9,12-15,19,24-25H,3-8H2,(H2,18,20,21)/t12-,13-,14-,15+/m1/s1. The number of nitrogen functional groups attached to an aromatic ring is 1. The minimum Gasteiger partial charge on any atom is -0.388 e. The van der Waals surface area contributed by atoms with Crippen molar-refractivity contribution in [2.24, 2.45) is 0 Å². The van der Waals surface area contributed by atoms with Crippen LogP contribution in [-0.2, 0) is 9.47 Å². The van der Waals surface area contributed by atoms with Crippen molar-refractivity contribution in [3.8, 4) is 0 Å². The molecule has 1 spiro atoms. The quantitative estimate of drug-likeness (QED) is 0.487. The van der Waals surface area contributed by atoms with Gasteiger partial charge in [0.25, 0.3) is 0 Å². The van der Waals surface area contributed by atoms with E-state index in [2.05, 4.69) is 20.3 Å². The number of fused-ring (bicyclic) bond motifs is 1. The highest BCUT2D eigenvalue weighted by molar-refractivity contribution is 5.65. The van der Waals surface area contributed by atoms with Crippen LogP contribution in [0.3, 0.4) is 0 Å². The number of aliphatic hydroxyl groups is 2. The maximum atomic E-state index is 10.6. The second-order valence-electron chi connectivity index (χ2n) is 7.65. The smallest absolute Gasteiger partial charge is 0.151 e. The molecular formula is C17H24N6O4. The van der Waals surface area contributed by atoms with E-state index in [1.54, 1.807) is 16.6 Å². The largest absolute Gasteiger partial charge is 0.388 e. The first-order chi connectivity index (χ1) is 13.1. The summed E-state index contributed by atoms with van der Waals surface area (Å²) in [4.78, 5) is 6.21. The molecule has 2 aromatic rings. The van der Waals surface area contributed by atoms with Crippen LogP contribution in [0.25, 0.3) is 5.52 Å². The molecule has 3 aliphatic heterocycles. The van der Waals surface area contributed by atoms with Crippen molar-refractivity contribution in [3.05, 3.63) is 24.2 Å². The zero-order valence-corrected chi connectivity index (χ0v) is 14.9. The molecule has 5 rings (SSSR count). The summed E-state index contributed by atoms with van der Waals surface area (Å²) in [5.74, 6) is 0.355. The van der Waals surface area contributed by atoms with E-state index in [9.17, 15) is 10.2 Å². The van der Waals surface area contributed by atoms with Gasteiger partial charge in [0.15, 0.2) is 5.82 Å². The van der Waals surface area contributed by atoms with Crippen LogP contribution >= 0.6 is 0 Å². The molecule has 10 heteroatoms. The summed E-state index contributed by atoms with van der Waals surface area (Å²) in [6.45, 7) is 4.48. The molecular weight excluding hydrogens is 352 g/mol. The van der Waals surface area contributed by atoms with Gasteiger partial charge in [-0.25, -0.2) is 9.50 Å². The Morgan fingerprint density at radius 3 is 2.93 bits per heavy atom. The highest BCUT2D eigenvalue weighted by atomic mass is 16.5. The summed E-state index contributed by atoms with van der Waals surface area (Å²) in [5, 5.41) is 28.6. The van der Waals surface area contributed by atoms with Gasteiger partial charge in [-0.15, -0.1) is 0 Å². The lowest BCUT2D eigenvalue weighted by molar-refractivity contribution is -0.143. The molecule has 3 fully saturated rings. The highest BCUT2D eigenvalue weighted by Gasteiger charge is 2.47. The van der Waals surface area contributed by atoms with Gasteiger partial charge in [0, 0.05) is 32.7 Å². The molecule has 0 aliphatic carbocycles. The number of aliphatic hydroxyl groups excluding tert-OH is 2. The summed E-state index contributed by atoms with van der Waals surface area (Å²) in [5.41, 5.74) is 7.05. The summed E-state index contributed by atoms with van der Waals surface area (Å²) in [7, 11) is 0. The van der Waals surface area contributed by atoms with Crippen molar-refractivity contribution in [2.75, 3.05) is 45.1 Å². The van der Waals surface area contributed by atoms with Gasteiger partial charge in [0.1, 0.15) is 35.8 Å². The van der Waals surface area contributed by atoms with Crippen molar-refractivity contribution >= 4 is 11.3 Å². The Morgan fingerprint density at radius 2 is 2.15 bits per heavy atom. The van der Waals surface area contributed by atoms with Crippen molar-refractivity contribution in [3.63, 3.8) is 0 Å². The second-order valence-corrected chi connectivity index (χ2v) is 7.65. The van der Waals surface area contributed by atoms with Gasteiger partial charge < -0.3 is 30.7 Å². The van der Waals surface area contributed by atoms with Crippen molar-refractivity contribution in [1.82, 2.24) is 24.8 Å². The molecule has 27 heavy (non-hydrogen) atoms. The van der Waals surface area contributed by atoms with Gasteiger partial charge in [-0.1, -0.05) is 0 Å². The molecule has 4 atom stereocenters. The maximum Gasteiger partial charge on any atom is 0.151 e. The van der Waals surface area contributed by atoms with Gasteiger partial charge in [-0.05, 0) is 12.1 Å². The normalized spacial score (nSPS) is 33.6. The van der Waals surface area contributed by atoms with Crippen molar-refractivity contribution in [2.45, 2.75) is 30.0 Å². The molecule has 0 aromatic carbocycles. The Bertz CT molecular complexity index is 840.